The van der Waals surface area contributed by atoms with Crippen molar-refractivity contribution in [2.75, 3.05) is 0 Å². The molecule has 0 atom stereocenters. The Labute approximate surface area is 172 Å². The zero-order valence-corrected chi connectivity index (χ0v) is 17.4. The molecule has 1 fully saturated rings. The maximum atomic E-state index is 13.5. The van der Waals surface area contributed by atoms with Crippen LogP contribution in [0.1, 0.15) is 70.3 Å². The first-order valence-corrected chi connectivity index (χ1v) is 11.1. The van der Waals surface area contributed by atoms with Gasteiger partial charge in [-0.1, -0.05) is 94.2 Å². The van der Waals surface area contributed by atoms with Gasteiger partial charge in [-0.2, -0.15) is 4.39 Å². The van der Waals surface area contributed by atoms with Crippen LogP contribution in [-0.2, 0) is 6.42 Å². The summed E-state index contributed by atoms with van der Waals surface area (Å²) in [5.41, 5.74) is 2.46. The van der Waals surface area contributed by atoms with E-state index in [1.165, 1.54) is 63.4 Å². The third kappa shape index (κ3) is 5.76. The van der Waals surface area contributed by atoms with Gasteiger partial charge in [-0.05, 0) is 41.9 Å². The Hall–Kier alpha value is -1.48. The lowest BCUT2D eigenvalue weighted by Gasteiger charge is -2.28. The van der Waals surface area contributed by atoms with Crippen molar-refractivity contribution in [3.05, 3.63) is 52.8 Å². The molecule has 1 heterocycles. The van der Waals surface area contributed by atoms with Crippen molar-refractivity contribution >= 4 is 11.6 Å². The van der Waals surface area contributed by atoms with E-state index in [1.807, 2.05) is 12.1 Å². The number of benzene rings is 1. The molecule has 2 aromatic rings. The topological polar surface area (TPSA) is 12.9 Å². The van der Waals surface area contributed by atoms with Crippen molar-refractivity contribution < 1.29 is 8.78 Å². The molecule has 1 saturated carbocycles. The largest absolute Gasteiger partial charge is 0.250 e. The number of nitrogens with zero attached hydrogens (tertiary/aromatic N) is 1. The van der Waals surface area contributed by atoms with Crippen LogP contribution < -0.4 is 0 Å². The molecule has 0 aliphatic heterocycles. The normalized spacial score (nSPS) is 19.7. The fraction of sp³-hybridized carbons (Fsp3) is 0.542. The van der Waals surface area contributed by atoms with Gasteiger partial charge in [0.05, 0.1) is 0 Å². The molecular formula is C24H30ClF2N. The molecule has 4 heteroatoms. The van der Waals surface area contributed by atoms with Gasteiger partial charge in [0.1, 0.15) is 5.15 Å². The van der Waals surface area contributed by atoms with Crippen molar-refractivity contribution in [2.45, 2.75) is 71.1 Å². The van der Waals surface area contributed by atoms with Gasteiger partial charge >= 0.3 is 0 Å². The molecule has 0 spiro atoms. The van der Waals surface area contributed by atoms with E-state index in [0.29, 0.717) is 5.56 Å². The van der Waals surface area contributed by atoms with Crippen molar-refractivity contribution in [3.8, 4) is 11.1 Å². The van der Waals surface area contributed by atoms with E-state index in [0.717, 1.165) is 29.9 Å². The second kappa shape index (κ2) is 10.3. The van der Waals surface area contributed by atoms with Crippen molar-refractivity contribution in [3.63, 3.8) is 0 Å². The summed E-state index contributed by atoms with van der Waals surface area (Å²) in [5.74, 6) is -0.345. The van der Waals surface area contributed by atoms with Crippen LogP contribution in [0.5, 0.6) is 0 Å². The molecule has 1 nitrogen and oxygen atoms in total. The van der Waals surface area contributed by atoms with Gasteiger partial charge in [0.2, 0.25) is 5.95 Å². The van der Waals surface area contributed by atoms with Crippen LogP contribution in [-0.4, -0.2) is 4.98 Å². The van der Waals surface area contributed by atoms with Crippen LogP contribution >= 0.6 is 11.6 Å². The number of hydrogen-bond donors (Lipinski definition) is 0. The molecule has 0 bridgehead atoms. The lowest BCUT2D eigenvalue weighted by Crippen LogP contribution is -2.15. The minimum absolute atomic E-state index is 0.0117. The summed E-state index contributed by atoms with van der Waals surface area (Å²) in [6.07, 6.45) is 13.3. The van der Waals surface area contributed by atoms with E-state index >= 15 is 0 Å². The summed E-state index contributed by atoms with van der Waals surface area (Å²) in [7, 11) is 0. The average Bonchev–Trinajstić information content (AvgIpc) is 2.71. The molecule has 28 heavy (non-hydrogen) atoms. The minimum atomic E-state index is -1.16. The smallest absolute Gasteiger partial charge is 0.205 e. The highest BCUT2D eigenvalue weighted by atomic mass is 35.5. The van der Waals surface area contributed by atoms with Gasteiger partial charge in [-0.3, -0.25) is 0 Å². The van der Waals surface area contributed by atoms with E-state index in [2.05, 4.69) is 24.0 Å². The number of hydrogen-bond acceptors (Lipinski definition) is 1. The Morgan fingerprint density at radius 2 is 1.61 bits per heavy atom. The highest BCUT2D eigenvalue weighted by Gasteiger charge is 2.20. The molecule has 0 saturated heterocycles. The van der Waals surface area contributed by atoms with Crippen LogP contribution in [0.25, 0.3) is 11.1 Å². The summed E-state index contributed by atoms with van der Waals surface area (Å²) >= 11 is 5.97. The summed E-state index contributed by atoms with van der Waals surface area (Å²) in [6.45, 7) is 2.27. The molecule has 0 radical (unpaired) electrons. The average molecular weight is 406 g/mol. The Balaban J connectivity index is 1.49. The zero-order chi connectivity index (χ0) is 19.9. The van der Waals surface area contributed by atoms with Crippen LogP contribution in [0.15, 0.2) is 30.3 Å². The van der Waals surface area contributed by atoms with Gasteiger partial charge < -0.3 is 0 Å². The van der Waals surface area contributed by atoms with Crippen LogP contribution in [0, 0.1) is 23.6 Å². The van der Waals surface area contributed by atoms with Crippen LogP contribution in [0.3, 0.4) is 0 Å². The highest BCUT2D eigenvalue weighted by Crippen LogP contribution is 2.34. The molecule has 0 N–H and O–H groups in total. The lowest BCUT2D eigenvalue weighted by molar-refractivity contribution is 0.249. The van der Waals surface area contributed by atoms with E-state index < -0.39 is 11.8 Å². The SMILES string of the molecule is CCCCCC1CCC(CCc2ccc(-c3cc(F)c(F)nc3Cl)cc2)CC1. The van der Waals surface area contributed by atoms with Crippen LogP contribution in [0.4, 0.5) is 8.78 Å². The zero-order valence-electron chi connectivity index (χ0n) is 16.7. The molecule has 1 aliphatic rings. The monoisotopic (exact) mass is 405 g/mol. The summed E-state index contributed by atoms with van der Waals surface area (Å²) in [4.78, 5) is 3.42. The minimum Gasteiger partial charge on any atom is -0.205 e. The van der Waals surface area contributed by atoms with E-state index in [1.54, 1.807) is 0 Å². The molecule has 152 valence electrons. The number of halogens is 3. The molecule has 1 aromatic carbocycles. The lowest BCUT2D eigenvalue weighted by atomic mass is 9.78. The van der Waals surface area contributed by atoms with E-state index in [4.69, 9.17) is 11.6 Å². The van der Waals surface area contributed by atoms with Gasteiger partial charge in [0.15, 0.2) is 5.82 Å². The highest BCUT2D eigenvalue weighted by molar-refractivity contribution is 6.32. The fourth-order valence-electron chi connectivity index (χ4n) is 4.36. The fourth-order valence-corrected chi connectivity index (χ4v) is 4.60. The van der Waals surface area contributed by atoms with Gasteiger partial charge in [0.25, 0.3) is 0 Å². The Morgan fingerprint density at radius 1 is 0.964 bits per heavy atom. The predicted molar refractivity (Wildman–Crippen MR) is 113 cm³/mol. The first-order chi connectivity index (χ1) is 13.6. The number of rotatable bonds is 8. The van der Waals surface area contributed by atoms with Crippen LogP contribution in [0.2, 0.25) is 5.15 Å². The maximum absolute atomic E-state index is 13.5. The molecule has 1 aliphatic carbocycles. The Morgan fingerprint density at radius 3 is 2.25 bits per heavy atom. The Bertz CT molecular complexity index is 752. The van der Waals surface area contributed by atoms with E-state index in [9.17, 15) is 8.78 Å². The quantitative estimate of drug-likeness (QED) is 0.320. The van der Waals surface area contributed by atoms with Gasteiger partial charge in [0, 0.05) is 5.56 Å². The molecular weight excluding hydrogens is 376 g/mol. The number of aryl methyl sites for hydroxylation is 1. The van der Waals surface area contributed by atoms with Crippen molar-refractivity contribution in [1.82, 2.24) is 4.98 Å². The number of aromatic nitrogens is 1. The first kappa shape index (κ1) is 21.2. The standard InChI is InChI=1S/C24H30ClF2N/c1-2-3-4-5-17-6-8-18(9-7-17)10-11-19-12-14-20(15-13-19)21-16-22(26)24(27)28-23(21)25/h12-18H,2-11H2,1H3. The predicted octanol–water partition coefficient (Wildman–Crippen LogP) is 8.00. The van der Waals surface area contributed by atoms with Gasteiger partial charge in [-0.25, -0.2) is 9.37 Å². The van der Waals surface area contributed by atoms with Crippen molar-refractivity contribution in [1.29, 1.82) is 0 Å². The van der Waals surface area contributed by atoms with Gasteiger partial charge in [-0.15, -0.1) is 0 Å². The third-order valence-corrected chi connectivity index (χ3v) is 6.46. The first-order valence-electron chi connectivity index (χ1n) is 10.7. The second-order valence-corrected chi connectivity index (χ2v) is 8.58. The molecule has 0 unspecified atom stereocenters. The summed E-state index contributed by atoms with van der Waals surface area (Å²) in [5, 5.41) is -0.0117. The molecule has 1 aromatic heterocycles. The Kier molecular flexibility index (Phi) is 7.84. The second-order valence-electron chi connectivity index (χ2n) is 8.22. The maximum Gasteiger partial charge on any atom is 0.250 e. The summed E-state index contributed by atoms with van der Waals surface area (Å²) in [6, 6.07) is 9.06. The molecule has 3 rings (SSSR count). The van der Waals surface area contributed by atoms with Crippen molar-refractivity contribution in [2.24, 2.45) is 11.8 Å². The van der Waals surface area contributed by atoms with E-state index in [-0.39, 0.29) is 5.15 Å². The molecule has 0 amide bonds. The summed E-state index contributed by atoms with van der Waals surface area (Å²) < 4.78 is 26.6. The third-order valence-electron chi connectivity index (χ3n) is 6.18. The number of unbranched alkanes of at least 4 members (excludes halogenated alkanes) is 2. The number of pyridine rings is 1.